The standard InChI is InChI=1S/C24H29N3O3/c1-15(2)22-26-23(30-27-22)17-11-9-10-16(3)21(17)25-20(28)14-29-19-13-8-7-12-18(19)24(4,5)6/h7-13,15H,14H2,1-6H3,(H,25,28). The molecule has 3 rings (SSSR count). The summed E-state index contributed by atoms with van der Waals surface area (Å²) in [5.41, 5.74) is 3.22. The Hall–Kier alpha value is -3.15. The van der Waals surface area contributed by atoms with Crippen LogP contribution in [0.1, 0.15) is 57.5 Å². The predicted molar refractivity (Wildman–Crippen MR) is 118 cm³/mol. The maximum atomic E-state index is 12.7. The summed E-state index contributed by atoms with van der Waals surface area (Å²) in [6.45, 7) is 12.2. The second-order valence-corrected chi connectivity index (χ2v) is 8.69. The van der Waals surface area contributed by atoms with E-state index in [0.29, 0.717) is 28.7 Å². The molecule has 1 amide bonds. The van der Waals surface area contributed by atoms with E-state index >= 15 is 0 Å². The van der Waals surface area contributed by atoms with Crippen LogP contribution in [0.5, 0.6) is 5.75 Å². The van der Waals surface area contributed by atoms with E-state index in [4.69, 9.17) is 9.26 Å². The highest BCUT2D eigenvalue weighted by Gasteiger charge is 2.20. The van der Waals surface area contributed by atoms with Gasteiger partial charge >= 0.3 is 0 Å². The summed E-state index contributed by atoms with van der Waals surface area (Å²) in [5.74, 6) is 1.63. The zero-order valence-electron chi connectivity index (χ0n) is 18.4. The van der Waals surface area contributed by atoms with Crippen molar-refractivity contribution in [1.29, 1.82) is 0 Å². The molecule has 0 atom stereocenters. The lowest BCUT2D eigenvalue weighted by Crippen LogP contribution is -2.22. The second kappa shape index (κ2) is 8.69. The largest absolute Gasteiger partial charge is 0.483 e. The van der Waals surface area contributed by atoms with E-state index in [2.05, 4.69) is 36.2 Å². The van der Waals surface area contributed by atoms with Crippen LogP contribution >= 0.6 is 0 Å². The van der Waals surface area contributed by atoms with E-state index in [9.17, 15) is 4.79 Å². The van der Waals surface area contributed by atoms with Crippen molar-refractivity contribution in [2.75, 3.05) is 11.9 Å². The minimum Gasteiger partial charge on any atom is -0.483 e. The summed E-state index contributed by atoms with van der Waals surface area (Å²) in [4.78, 5) is 17.2. The third-order valence-corrected chi connectivity index (χ3v) is 4.78. The van der Waals surface area contributed by atoms with Gasteiger partial charge in [0.25, 0.3) is 11.8 Å². The Bertz CT molecular complexity index is 1030. The molecule has 0 saturated heterocycles. The van der Waals surface area contributed by atoms with Crippen molar-refractivity contribution in [2.45, 2.75) is 52.9 Å². The van der Waals surface area contributed by atoms with Crippen LogP contribution in [0.4, 0.5) is 5.69 Å². The predicted octanol–water partition coefficient (Wildman–Crippen LogP) is 5.48. The Labute approximate surface area is 177 Å². The fourth-order valence-electron chi connectivity index (χ4n) is 3.12. The van der Waals surface area contributed by atoms with Gasteiger partial charge in [0, 0.05) is 5.92 Å². The third kappa shape index (κ3) is 4.87. The summed E-state index contributed by atoms with van der Waals surface area (Å²) in [5, 5.41) is 6.98. The first kappa shape index (κ1) is 21.6. The Kier molecular flexibility index (Phi) is 6.25. The van der Waals surface area contributed by atoms with Crippen molar-refractivity contribution in [1.82, 2.24) is 10.1 Å². The summed E-state index contributed by atoms with van der Waals surface area (Å²) in [7, 11) is 0. The van der Waals surface area contributed by atoms with Gasteiger partial charge in [0.1, 0.15) is 5.75 Å². The number of nitrogens with zero attached hydrogens (tertiary/aromatic N) is 2. The molecule has 0 radical (unpaired) electrons. The summed E-state index contributed by atoms with van der Waals surface area (Å²) < 4.78 is 11.3. The first-order valence-corrected chi connectivity index (χ1v) is 10.1. The van der Waals surface area contributed by atoms with Crippen LogP contribution in [0.2, 0.25) is 0 Å². The number of ether oxygens (including phenoxy) is 1. The lowest BCUT2D eigenvalue weighted by Gasteiger charge is -2.22. The highest BCUT2D eigenvalue weighted by molar-refractivity contribution is 5.96. The third-order valence-electron chi connectivity index (χ3n) is 4.78. The topological polar surface area (TPSA) is 77.3 Å². The average Bonchev–Trinajstić information content (AvgIpc) is 3.18. The van der Waals surface area contributed by atoms with Crippen LogP contribution in [0.15, 0.2) is 47.0 Å². The van der Waals surface area contributed by atoms with Gasteiger partial charge in [0.15, 0.2) is 12.4 Å². The molecule has 0 spiro atoms. The van der Waals surface area contributed by atoms with Gasteiger partial charge in [-0.05, 0) is 35.6 Å². The normalized spacial score (nSPS) is 11.6. The number of anilines is 1. The average molecular weight is 408 g/mol. The van der Waals surface area contributed by atoms with E-state index in [1.54, 1.807) is 0 Å². The number of aromatic nitrogens is 2. The van der Waals surface area contributed by atoms with Gasteiger partial charge < -0.3 is 14.6 Å². The Morgan fingerprint density at radius 2 is 1.87 bits per heavy atom. The van der Waals surface area contributed by atoms with Gasteiger partial charge in [-0.25, -0.2) is 0 Å². The van der Waals surface area contributed by atoms with Crippen LogP contribution in [-0.4, -0.2) is 22.7 Å². The van der Waals surface area contributed by atoms with Crippen molar-refractivity contribution in [3.8, 4) is 17.2 Å². The fraction of sp³-hybridized carbons (Fsp3) is 0.375. The van der Waals surface area contributed by atoms with E-state index in [1.807, 2.05) is 63.2 Å². The molecule has 30 heavy (non-hydrogen) atoms. The number of aryl methyl sites for hydroxylation is 1. The highest BCUT2D eigenvalue weighted by atomic mass is 16.5. The van der Waals surface area contributed by atoms with E-state index in [-0.39, 0.29) is 23.8 Å². The van der Waals surface area contributed by atoms with Gasteiger partial charge in [0.2, 0.25) is 0 Å². The van der Waals surface area contributed by atoms with E-state index in [0.717, 1.165) is 11.1 Å². The molecule has 158 valence electrons. The van der Waals surface area contributed by atoms with Gasteiger partial charge in [-0.1, -0.05) is 70.1 Å². The summed E-state index contributed by atoms with van der Waals surface area (Å²) in [6.07, 6.45) is 0. The molecule has 0 aliphatic heterocycles. The second-order valence-electron chi connectivity index (χ2n) is 8.69. The number of hydrogen-bond acceptors (Lipinski definition) is 5. The van der Waals surface area contributed by atoms with E-state index in [1.165, 1.54) is 0 Å². The number of carbonyl (C=O) groups is 1. The lowest BCUT2D eigenvalue weighted by molar-refractivity contribution is -0.118. The Morgan fingerprint density at radius 1 is 1.13 bits per heavy atom. The molecule has 0 saturated carbocycles. The number of nitrogens with one attached hydrogen (secondary N) is 1. The molecule has 0 fully saturated rings. The number of benzene rings is 2. The first-order valence-electron chi connectivity index (χ1n) is 10.1. The van der Waals surface area contributed by atoms with Crippen LogP contribution < -0.4 is 10.1 Å². The SMILES string of the molecule is Cc1cccc(-c2nc(C(C)C)no2)c1NC(=O)COc1ccccc1C(C)(C)C. The molecule has 1 N–H and O–H groups in total. The molecule has 0 aliphatic rings. The molecule has 6 heteroatoms. The highest BCUT2D eigenvalue weighted by Crippen LogP contribution is 2.32. The van der Waals surface area contributed by atoms with Gasteiger partial charge in [0.05, 0.1) is 11.3 Å². The molecule has 0 aliphatic carbocycles. The van der Waals surface area contributed by atoms with Crippen LogP contribution in [0.25, 0.3) is 11.5 Å². The first-order chi connectivity index (χ1) is 14.2. The maximum Gasteiger partial charge on any atom is 0.262 e. The summed E-state index contributed by atoms with van der Waals surface area (Å²) >= 11 is 0. The lowest BCUT2D eigenvalue weighted by atomic mass is 9.86. The Balaban J connectivity index is 1.78. The molecule has 0 bridgehead atoms. The minimum absolute atomic E-state index is 0.0810. The zero-order chi connectivity index (χ0) is 21.9. The quantitative estimate of drug-likeness (QED) is 0.585. The minimum atomic E-state index is -0.252. The molecule has 0 unspecified atom stereocenters. The molecule has 3 aromatic rings. The van der Waals surface area contributed by atoms with E-state index < -0.39 is 0 Å². The molecular formula is C24H29N3O3. The van der Waals surface area contributed by atoms with Crippen LogP contribution in [-0.2, 0) is 10.2 Å². The number of carbonyl (C=O) groups excluding carboxylic acids is 1. The van der Waals surface area contributed by atoms with Crippen molar-refractivity contribution < 1.29 is 14.1 Å². The van der Waals surface area contributed by atoms with Gasteiger partial charge in [-0.3, -0.25) is 4.79 Å². The maximum absolute atomic E-state index is 12.7. The van der Waals surface area contributed by atoms with Crippen LogP contribution in [0.3, 0.4) is 0 Å². The van der Waals surface area contributed by atoms with Gasteiger partial charge in [-0.2, -0.15) is 4.98 Å². The number of para-hydroxylation sites is 2. The number of amides is 1. The van der Waals surface area contributed by atoms with Crippen molar-refractivity contribution in [3.63, 3.8) is 0 Å². The fourth-order valence-corrected chi connectivity index (χ4v) is 3.12. The Morgan fingerprint density at radius 3 is 2.53 bits per heavy atom. The van der Waals surface area contributed by atoms with Crippen LogP contribution in [0, 0.1) is 6.92 Å². The smallest absolute Gasteiger partial charge is 0.262 e. The molecule has 1 aromatic heterocycles. The van der Waals surface area contributed by atoms with Crippen molar-refractivity contribution in [2.24, 2.45) is 0 Å². The molecule has 1 heterocycles. The molecule has 6 nitrogen and oxygen atoms in total. The molecule has 2 aromatic carbocycles. The zero-order valence-corrected chi connectivity index (χ0v) is 18.4. The van der Waals surface area contributed by atoms with Crippen molar-refractivity contribution in [3.05, 3.63) is 59.4 Å². The monoisotopic (exact) mass is 407 g/mol. The molecular weight excluding hydrogens is 378 g/mol. The number of rotatable bonds is 6. The van der Waals surface area contributed by atoms with Gasteiger partial charge in [-0.15, -0.1) is 0 Å². The number of hydrogen-bond donors (Lipinski definition) is 1. The van der Waals surface area contributed by atoms with Crippen molar-refractivity contribution >= 4 is 11.6 Å². The summed E-state index contributed by atoms with van der Waals surface area (Å²) in [6, 6.07) is 13.5.